The second-order valence-electron chi connectivity index (χ2n) is 5.28. The predicted octanol–water partition coefficient (Wildman–Crippen LogP) is 1.79. The molecule has 0 fully saturated rings. The summed E-state index contributed by atoms with van der Waals surface area (Å²) in [6, 6.07) is -0.976. The highest BCUT2D eigenvalue weighted by molar-refractivity contribution is 5.88. The molecule has 0 aromatic carbocycles. The summed E-state index contributed by atoms with van der Waals surface area (Å²) in [4.78, 5) is 33.5. The molecular weight excluding hydrogens is 272 g/mol. The molecule has 0 heterocycles. The van der Waals surface area contributed by atoms with Gasteiger partial charge in [0.2, 0.25) is 5.91 Å². The van der Waals surface area contributed by atoms with Gasteiger partial charge in [-0.05, 0) is 12.8 Å². The Morgan fingerprint density at radius 1 is 0.952 bits per heavy atom. The van der Waals surface area contributed by atoms with Crippen molar-refractivity contribution < 1.29 is 19.1 Å². The number of amides is 1. The third kappa shape index (κ3) is 12.1. The zero-order valence-electron chi connectivity index (χ0n) is 12.9. The van der Waals surface area contributed by atoms with E-state index in [1.54, 1.807) is 0 Å². The van der Waals surface area contributed by atoms with E-state index in [0.717, 1.165) is 19.3 Å². The van der Waals surface area contributed by atoms with Gasteiger partial charge < -0.3 is 16.2 Å². The fourth-order valence-corrected chi connectivity index (χ4v) is 1.88. The summed E-state index contributed by atoms with van der Waals surface area (Å²) < 4.78 is 4.63. The monoisotopic (exact) mass is 300 g/mol. The fourth-order valence-electron chi connectivity index (χ4n) is 1.88. The quantitative estimate of drug-likeness (QED) is 0.324. The van der Waals surface area contributed by atoms with E-state index in [0.29, 0.717) is 0 Å². The highest BCUT2D eigenvalue weighted by Gasteiger charge is 2.19. The Hall–Kier alpha value is -1.43. The van der Waals surface area contributed by atoms with Crippen molar-refractivity contribution >= 4 is 17.8 Å². The predicted molar refractivity (Wildman–Crippen MR) is 80.1 cm³/mol. The number of rotatable bonds is 12. The van der Waals surface area contributed by atoms with E-state index < -0.39 is 23.9 Å². The van der Waals surface area contributed by atoms with Crippen molar-refractivity contribution in [3.8, 4) is 0 Å². The van der Waals surface area contributed by atoms with Gasteiger partial charge in [0.1, 0.15) is 6.04 Å². The van der Waals surface area contributed by atoms with E-state index in [9.17, 15) is 14.4 Å². The van der Waals surface area contributed by atoms with Gasteiger partial charge in [0, 0.05) is 12.8 Å². The molecule has 0 aromatic heterocycles. The number of ether oxygens (including phenoxy) is 1. The zero-order valence-corrected chi connectivity index (χ0v) is 12.9. The van der Waals surface area contributed by atoms with Crippen LogP contribution in [-0.4, -0.2) is 23.9 Å². The van der Waals surface area contributed by atoms with Crippen LogP contribution in [0.15, 0.2) is 0 Å². The molecule has 122 valence electrons. The van der Waals surface area contributed by atoms with Crippen LogP contribution in [0, 0.1) is 0 Å². The molecule has 21 heavy (non-hydrogen) atoms. The molecule has 1 amide bonds. The van der Waals surface area contributed by atoms with Crippen molar-refractivity contribution in [3.05, 3.63) is 0 Å². The summed E-state index contributed by atoms with van der Waals surface area (Å²) >= 11 is 0. The van der Waals surface area contributed by atoms with Crippen molar-refractivity contribution in [2.24, 2.45) is 11.5 Å². The summed E-state index contributed by atoms with van der Waals surface area (Å²) in [5, 5.41) is 0. The summed E-state index contributed by atoms with van der Waals surface area (Å²) in [7, 11) is 0. The van der Waals surface area contributed by atoms with Gasteiger partial charge >= 0.3 is 11.9 Å². The van der Waals surface area contributed by atoms with Crippen molar-refractivity contribution in [2.75, 3.05) is 0 Å². The van der Waals surface area contributed by atoms with E-state index in [2.05, 4.69) is 11.7 Å². The van der Waals surface area contributed by atoms with Crippen LogP contribution in [0.3, 0.4) is 0 Å². The van der Waals surface area contributed by atoms with E-state index >= 15 is 0 Å². The molecule has 0 bridgehead atoms. The molecule has 0 saturated heterocycles. The maximum Gasteiger partial charge on any atom is 0.330 e. The lowest BCUT2D eigenvalue weighted by atomic mass is 10.1. The minimum atomic E-state index is -0.976. The minimum absolute atomic E-state index is 0.00220. The van der Waals surface area contributed by atoms with Crippen molar-refractivity contribution in [1.82, 2.24) is 0 Å². The second-order valence-corrected chi connectivity index (χ2v) is 5.28. The van der Waals surface area contributed by atoms with E-state index in [-0.39, 0.29) is 19.3 Å². The van der Waals surface area contributed by atoms with Crippen molar-refractivity contribution in [2.45, 2.75) is 77.2 Å². The van der Waals surface area contributed by atoms with Crippen LogP contribution in [0.4, 0.5) is 0 Å². The molecule has 4 N–H and O–H groups in total. The Labute approximate surface area is 126 Å². The highest BCUT2D eigenvalue weighted by atomic mass is 16.6. The Bertz CT molecular complexity index is 332. The van der Waals surface area contributed by atoms with Gasteiger partial charge in [0.05, 0.1) is 0 Å². The van der Waals surface area contributed by atoms with Crippen LogP contribution in [0.5, 0.6) is 0 Å². The largest absolute Gasteiger partial charge is 0.392 e. The maximum atomic E-state index is 11.5. The van der Waals surface area contributed by atoms with Gasteiger partial charge in [0.25, 0.3) is 0 Å². The molecule has 0 aromatic rings. The summed E-state index contributed by atoms with van der Waals surface area (Å²) in [5.74, 6) is -1.88. The van der Waals surface area contributed by atoms with Crippen molar-refractivity contribution in [3.63, 3.8) is 0 Å². The summed E-state index contributed by atoms with van der Waals surface area (Å²) in [6.45, 7) is 2.17. The Morgan fingerprint density at radius 2 is 1.52 bits per heavy atom. The first kappa shape index (κ1) is 19.6. The maximum absolute atomic E-state index is 11.5. The first-order valence-electron chi connectivity index (χ1n) is 7.75. The first-order chi connectivity index (χ1) is 9.97. The molecule has 0 rings (SSSR count). The van der Waals surface area contributed by atoms with Gasteiger partial charge in [-0.3, -0.25) is 9.59 Å². The second kappa shape index (κ2) is 12.3. The third-order valence-electron chi connectivity index (χ3n) is 3.20. The van der Waals surface area contributed by atoms with Gasteiger partial charge in [-0.2, -0.15) is 0 Å². The van der Waals surface area contributed by atoms with Crippen molar-refractivity contribution in [1.29, 1.82) is 0 Å². The number of esters is 2. The molecule has 6 nitrogen and oxygen atoms in total. The lowest BCUT2D eigenvalue weighted by molar-refractivity contribution is -0.160. The van der Waals surface area contributed by atoms with Gasteiger partial charge in [-0.15, -0.1) is 0 Å². The van der Waals surface area contributed by atoms with Gasteiger partial charge in [-0.25, -0.2) is 4.79 Å². The highest BCUT2D eigenvalue weighted by Crippen LogP contribution is 2.09. The standard InChI is InChI=1S/C15H28N2O4/c1-2-3-4-5-6-7-8-9-14(19)21-15(20)12(16)10-11-13(17)18/h12H,2-11,16H2,1H3,(H2,17,18)/t12-/m0/s1. The Morgan fingerprint density at radius 3 is 2.10 bits per heavy atom. The number of carbonyl (C=O) groups excluding carboxylic acids is 3. The zero-order chi connectivity index (χ0) is 16.1. The van der Waals surface area contributed by atoms with E-state index in [1.165, 1.54) is 25.7 Å². The normalized spacial score (nSPS) is 11.9. The molecule has 1 atom stereocenters. The number of unbranched alkanes of at least 4 members (excludes halogenated alkanes) is 6. The number of primary amides is 1. The topological polar surface area (TPSA) is 112 Å². The average Bonchev–Trinajstić information content (AvgIpc) is 2.43. The third-order valence-corrected chi connectivity index (χ3v) is 3.20. The number of hydrogen-bond donors (Lipinski definition) is 2. The lowest BCUT2D eigenvalue weighted by Gasteiger charge is -2.09. The average molecular weight is 300 g/mol. The van der Waals surface area contributed by atoms with Crippen LogP contribution in [-0.2, 0) is 19.1 Å². The molecule has 6 heteroatoms. The van der Waals surface area contributed by atoms with E-state index in [4.69, 9.17) is 11.5 Å². The first-order valence-corrected chi connectivity index (χ1v) is 7.75. The van der Waals surface area contributed by atoms with Crippen LogP contribution < -0.4 is 11.5 Å². The molecule has 0 spiro atoms. The Kier molecular flexibility index (Phi) is 11.5. The lowest BCUT2D eigenvalue weighted by Crippen LogP contribution is -2.34. The molecule has 0 radical (unpaired) electrons. The molecular formula is C15H28N2O4. The van der Waals surface area contributed by atoms with Crippen LogP contribution in [0.2, 0.25) is 0 Å². The van der Waals surface area contributed by atoms with E-state index in [1.807, 2.05) is 0 Å². The molecule has 0 saturated carbocycles. The molecule has 0 aliphatic heterocycles. The molecule has 0 aliphatic carbocycles. The Balaban J connectivity index is 3.64. The summed E-state index contributed by atoms with van der Waals surface area (Å²) in [5.41, 5.74) is 10.5. The molecule has 0 unspecified atom stereocenters. The molecule has 0 aliphatic rings. The van der Waals surface area contributed by atoms with Gasteiger partial charge in [0.15, 0.2) is 0 Å². The minimum Gasteiger partial charge on any atom is -0.392 e. The number of nitrogens with two attached hydrogens (primary N) is 2. The number of hydrogen-bond acceptors (Lipinski definition) is 5. The van der Waals surface area contributed by atoms with Crippen LogP contribution >= 0.6 is 0 Å². The summed E-state index contributed by atoms with van der Waals surface area (Å²) in [6.07, 6.45) is 7.97. The van der Waals surface area contributed by atoms with Gasteiger partial charge in [-0.1, -0.05) is 45.4 Å². The van der Waals surface area contributed by atoms with Crippen LogP contribution in [0.25, 0.3) is 0 Å². The smallest absolute Gasteiger partial charge is 0.330 e. The number of carbonyl (C=O) groups is 3. The SMILES string of the molecule is CCCCCCCCCC(=O)OC(=O)[C@@H](N)CCC(N)=O. The fraction of sp³-hybridized carbons (Fsp3) is 0.800. The van der Waals surface area contributed by atoms with Crippen LogP contribution in [0.1, 0.15) is 71.1 Å².